The van der Waals surface area contributed by atoms with E-state index in [0.717, 1.165) is 11.1 Å². The summed E-state index contributed by atoms with van der Waals surface area (Å²) in [6, 6.07) is 8.86. The van der Waals surface area contributed by atoms with Crippen molar-refractivity contribution in [3.63, 3.8) is 0 Å². The van der Waals surface area contributed by atoms with Crippen molar-refractivity contribution in [1.82, 2.24) is 9.55 Å². The van der Waals surface area contributed by atoms with Gasteiger partial charge < -0.3 is 14.8 Å². The molecule has 0 spiro atoms. The molecule has 1 atom stereocenters. The minimum atomic E-state index is -2.37. The maximum absolute atomic E-state index is 13.9. The van der Waals surface area contributed by atoms with Crippen LogP contribution in [0.15, 0.2) is 41.2 Å². The van der Waals surface area contributed by atoms with Crippen LogP contribution < -0.4 is 15.6 Å². The Morgan fingerprint density at radius 3 is 2.20 bits per heavy atom. The first-order chi connectivity index (χ1) is 20.7. The van der Waals surface area contributed by atoms with Gasteiger partial charge in [-0.2, -0.15) is 8.78 Å². The van der Waals surface area contributed by atoms with Gasteiger partial charge in [0.25, 0.3) is 5.56 Å². The SMILES string of the molecule is Cc1nc2cc3c(cc2c(=O)n1COC(=O)C(C)(C)C)C(Nc1ccc(C(=O)Oc2c(F)c(F)c(F)c(F)c2F)cc1)CC3. The summed E-state index contributed by atoms with van der Waals surface area (Å²) in [5.41, 5.74) is 1.60. The first kappa shape index (κ1) is 30.6. The summed E-state index contributed by atoms with van der Waals surface area (Å²) >= 11 is 0. The van der Waals surface area contributed by atoms with E-state index in [2.05, 4.69) is 15.0 Å². The molecule has 1 aromatic heterocycles. The molecule has 230 valence electrons. The monoisotopic (exact) mass is 615 g/mol. The van der Waals surface area contributed by atoms with E-state index in [4.69, 9.17) is 4.74 Å². The Kier molecular flexibility index (Phi) is 7.91. The lowest BCUT2D eigenvalue weighted by atomic mass is 9.98. The number of aromatic nitrogens is 2. The highest BCUT2D eigenvalue weighted by Gasteiger charge is 2.29. The van der Waals surface area contributed by atoms with Gasteiger partial charge in [0.05, 0.1) is 27.9 Å². The van der Waals surface area contributed by atoms with Gasteiger partial charge in [-0.3, -0.25) is 14.2 Å². The number of benzene rings is 3. The second kappa shape index (κ2) is 11.4. The number of aryl methyl sites for hydroxylation is 2. The number of carbonyl (C=O) groups is 2. The number of esters is 2. The van der Waals surface area contributed by atoms with Crippen molar-refractivity contribution in [3.8, 4) is 5.75 Å². The fraction of sp³-hybridized carbons (Fsp3) is 0.290. The predicted molar refractivity (Wildman–Crippen MR) is 149 cm³/mol. The molecule has 1 aliphatic rings. The average Bonchev–Trinajstić information content (AvgIpc) is 3.37. The zero-order valence-corrected chi connectivity index (χ0v) is 24.0. The van der Waals surface area contributed by atoms with E-state index in [9.17, 15) is 36.3 Å². The molecule has 13 heteroatoms. The molecule has 44 heavy (non-hydrogen) atoms. The smallest absolute Gasteiger partial charge is 0.343 e. The molecule has 1 aliphatic carbocycles. The van der Waals surface area contributed by atoms with Gasteiger partial charge in [0.15, 0.2) is 6.73 Å². The number of nitrogens with one attached hydrogen (secondary N) is 1. The maximum atomic E-state index is 13.9. The highest BCUT2D eigenvalue weighted by atomic mass is 19.2. The van der Waals surface area contributed by atoms with Gasteiger partial charge in [0.1, 0.15) is 5.82 Å². The van der Waals surface area contributed by atoms with Crippen molar-refractivity contribution in [2.24, 2.45) is 5.41 Å². The molecule has 5 rings (SSSR count). The van der Waals surface area contributed by atoms with Crippen LogP contribution in [0, 0.1) is 41.4 Å². The summed E-state index contributed by atoms with van der Waals surface area (Å²) in [6.45, 7) is 6.51. The highest BCUT2D eigenvalue weighted by molar-refractivity contribution is 5.91. The third-order valence-electron chi connectivity index (χ3n) is 7.25. The van der Waals surface area contributed by atoms with Crippen LogP contribution in [0.2, 0.25) is 0 Å². The first-order valence-corrected chi connectivity index (χ1v) is 13.5. The van der Waals surface area contributed by atoms with Crippen molar-refractivity contribution in [1.29, 1.82) is 0 Å². The normalized spacial score (nSPS) is 14.4. The molecule has 3 aromatic carbocycles. The largest absolute Gasteiger partial charge is 0.443 e. The zero-order valence-electron chi connectivity index (χ0n) is 24.0. The van der Waals surface area contributed by atoms with Crippen LogP contribution >= 0.6 is 0 Å². The molecule has 0 amide bonds. The molecule has 4 aromatic rings. The summed E-state index contributed by atoms with van der Waals surface area (Å²) in [7, 11) is 0. The van der Waals surface area contributed by atoms with Gasteiger partial charge in [0.2, 0.25) is 34.8 Å². The van der Waals surface area contributed by atoms with Crippen molar-refractivity contribution in [2.45, 2.75) is 53.3 Å². The molecule has 0 radical (unpaired) electrons. The van der Waals surface area contributed by atoms with Crippen LogP contribution in [0.5, 0.6) is 5.75 Å². The molecule has 1 N–H and O–H groups in total. The van der Waals surface area contributed by atoms with Gasteiger partial charge >= 0.3 is 11.9 Å². The molecule has 8 nitrogen and oxygen atoms in total. The minimum absolute atomic E-state index is 0.202. The number of rotatable bonds is 6. The molecule has 1 heterocycles. The third kappa shape index (κ3) is 5.61. The zero-order chi connectivity index (χ0) is 32.1. The van der Waals surface area contributed by atoms with Crippen LogP contribution in [-0.4, -0.2) is 21.5 Å². The second-order valence-electron chi connectivity index (χ2n) is 11.4. The highest BCUT2D eigenvalue weighted by Crippen LogP contribution is 2.36. The molecule has 0 fully saturated rings. The molecule has 0 saturated carbocycles. The Labute approximate surface area is 247 Å². The topological polar surface area (TPSA) is 99.5 Å². The van der Waals surface area contributed by atoms with Crippen LogP contribution in [-0.2, 0) is 22.7 Å². The van der Waals surface area contributed by atoms with Crippen LogP contribution in [0.25, 0.3) is 10.9 Å². The van der Waals surface area contributed by atoms with Crippen LogP contribution in [0.4, 0.5) is 27.6 Å². The van der Waals surface area contributed by atoms with Gasteiger partial charge in [-0.25, -0.2) is 22.9 Å². The van der Waals surface area contributed by atoms with Gasteiger partial charge in [-0.05, 0) is 88.1 Å². The molecular formula is C31H26F5N3O5. The summed E-state index contributed by atoms with van der Waals surface area (Å²) in [5, 5.41) is 3.66. The number of halogens is 5. The van der Waals surface area contributed by atoms with E-state index >= 15 is 0 Å². The van der Waals surface area contributed by atoms with Crippen molar-refractivity contribution in [2.75, 3.05) is 5.32 Å². The van der Waals surface area contributed by atoms with Gasteiger partial charge in [0, 0.05) is 5.69 Å². The van der Waals surface area contributed by atoms with E-state index in [1.54, 1.807) is 33.8 Å². The van der Waals surface area contributed by atoms with Crippen LogP contribution in [0.1, 0.15) is 60.5 Å². The number of hydrogen-bond acceptors (Lipinski definition) is 7. The summed E-state index contributed by atoms with van der Waals surface area (Å²) in [4.78, 5) is 42.6. The van der Waals surface area contributed by atoms with Crippen molar-refractivity contribution >= 4 is 28.5 Å². The van der Waals surface area contributed by atoms with Gasteiger partial charge in [-0.1, -0.05) is 0 Å². The Balaban J connectivity index is 1.34. The number of nitrogens with zero attached hydrogens (tertiary/aromatic N) is 2. The molecule has 0 bridgehead atoms. The van der Waals surface area contributed by atoms with Gasteiger partial charge in [-0.15, -0.1) is 0 Å². The maximum Gasteiger partial charge on any atom is 0.343 e. The lowest BCUT2D eigenvalue weighted by Gasteiger charge is -2.19. The molecule has 0 saturated heterocycles. The number of hydrogen-bond donors (Lipinski definition) is 1. The van der Waals surface area contributed by atoms with E-state index in [-0.39, 0.29) is 23.9 Å². The average molecular weight is 616 g/mol. The Morgan fingerprint density at radius 2 is 1.59 bits per heavy atom. The fourth-order valence-electron chi connectivity index (χ4n) is 4.81. The van der Waals surface area contributed by atoms with E-state index in [0.29, 0.717) is 35.3 Å². The Bertz CT molecular complexity index is 1850. The summed E-state index contributed by atoms with van der Waals surface area (Å²) in [5.74, 6) is -14.4. The second-order valence-corrected chi connectivity index (χ2v) is 11.4. The molecule has 0 aliphatic heterocycles. The van der Waals surface area contributed by atoms with Crippen molar-refractivity contribution in [3.05, 3.63) is 98.4 Å². The Hall–Kier alpha value is -4.81. The van der Waals surface area contributed by atoms with Crippen molar-refractivity contribution < 1.29 is 41.0 Å². The van der Waals surface area contributed by atoms with E-state index in [1.165, 1.54) is 28.8 Å². The lowest BCUT2D eigenvalue weighted by molar-refractivity contribution is -0.157. The third-order valence-corrected chi connectivity index (χ3v) is 7.25. The van der Waals surface area contributed by atoms with E-state index < -0.39 is 52.2 Å². The molecular weight excluding hydrogens is 589 g/mol. The quantitative estimate of drug-likeness (QED) is 0.0898. The standard InChI is InChI=1S/C31H26F5N3O5/c1-14-37-21-11-16-7-10-20(18(16)12-19(21)28(40)39(14)13-43-30(42)31(2,3)4)38-17-8-5-15(6-9-17)29(41)44-27-25(35)23(33)22(32)24(34)26(27)36/h5-6,8-9,11-12,20,38H,7,10,13H2,1-4H3. The summed E-state index contributed by atoms with van der Waals surface area (Å²) < 4.78 is 79.1. The van der Waals surface area contributed by atoms with Crippen LogP contribution in [0.3, 0.4) is 0 Å². The number of carbonyl (C=O) groups excluding carboxylic acids is 2. The number of anilines is 1. The lowest BCUT2D eigenvalue weighted by Crippen LogP contribution is -2.30. The molecule has 1 unspecified atom stereocenters. The predicted octanol–water partition coefficient (Wildman–Crippen LogP) is 6.27. The van der Waals surface area contributed by atoms with E-state index in [1.807, 2.05) is 6.07 Å². The Morgan fingerprint density at radius 1 is 0.977 bits per heavy atom. The summed E-state index contributed by atoms with van der Waals surface area (Å²) in [6.07, 6.45) is 1.37. The number of fused-ring (bicyclic) bond motifs is 2. The first-order valence-electron chi connectivity index (χ1n) is 13.5. The fourth-order valence-corrected chi connectivity index (χ4v) is 4.81. The number of ether oxygens (including phenoxy) is 2. The minimum Gasteiger partial charge on any atom is -0.443 e.